The first kappa shape index (κ1) is 10.5. The molecule has 1 aliphatic heterocycles. The number of ether oxygens (including phenoxy) is 1. The lowest BCUT2D eigenvalue weighted by Gasteiger charge is -2.33. The molecule has 0 amide bonds. The molecule has 0 bridgehead atoms. The molecule has 0 spiro atoms. The van der Waals surface area contributed by atoms with Crippen LogP contribution in [0.2, 0.25) is 0 Å². The molecule has 76 valence electrons. The zero-order valence-electron chi connectivity index (χ0n) is 8.58. The van der Waals surface area contributed by atoms with Gasteiger partial charge >= 0.3 is 5.97 Å². The topological polar surface area (TPSA) is 29.5 Å². The molecule has 1 fully saturated rings. The molecular formula is C10H19NO2. The van der Waals surface area contributed by atoms with Crippen molar-refractivity contribution in [1.82, 2.24) is 4.90 Å². The molecule has 1 heterocycles. The minimum Gasteiger partial charge on any atom is -0.466 e. The summed E-state index contributed by atoms with van der Waals surface area (Å²) in [5.41, 5.74) is 0. The number of esters is 1. The summed E-state index contributed by atoms with van der Waals surface area (Å²) in [6.07, 6.45) is 2.16. The standard InChI is InChI=1S/C10H19NO2/c1-3-9(10(12)13-4-2)8-11-6-5-7-11/h9H,3-8H2,1-2H3. The Morgan fingerprint density at radius 3 is 2.54 bits per heavy atom. The minimum atomic E-state index is -0.0306. The van der Waals surface area contributed by atoms with Gasteiger partial charge in [-0.05, 0) is 32.9 Å². The van der Waals surface area contributed by atoms with Gasteiger partial charge in [0.15, 0.2) is 0 Å². The van der Waals surface area contributed by atoms with Gasteiger partial charge in [-0.25, -0.2) is 0 Å². The summed E-state index contributed by atoms with van der Waals surface area (Å²) in [4.78, 5) is 13.7. The van der Waals surface area contributed by atoms with Gasteiger partial charge in [0.05, 0.1) is 12.5 Å². The molecule has 1 unspecified atom stereocenters. The Balaban J connectivity index is 2.27. The number of hydrogen-bond acceptors (Lipinski definition) is 3. The predicted octanol–water partition coefficient (Wildman–Crippen LogP) is 1.28. The molecule has 1 atom stereocenters. The molecule has 0 radical (unpaired) electrons. The Bertz CT molecular complexity index is 166. The molecule has 3 heteroatoms. The summed E-state index contributed by atoms with van der Waals surface area (Å²) < 4.78 is 5.00. The molecule has 1 saturated heterocycles. The third-order valence-corrected chi connectivity index (χ3v) is 2.54. The molecule has 0 aliphatic carbocycles. The van der Waals surface area contributed by atoms with Crippen LogP contribution in [0.3, 0.4) is 0 Å². The Kier molecular flexibility index (Phi) is 4.22. The van der Waals surface area contributed by atoms with Gasteiger partial charge < -0.3 is 9.64 Å². The molecule has 0 aromatic rings. The van der Waals surface area contributed by atoms with E-state index in [1.807, 2.05) is 13.8 Å². The highest BCUT2D eigenvalue weighted by Gasteiger charge is 2.23. The van der Waals surface area contributed by atoms with Crippen molar-refractivity contribution in [2.75, 3.05) is 26.2 Å². The van der Waals surface area contributed by atoms with Crippen LogP contribution < -0.4 is 0 Å². The lowest BCUT2D eigenvalue weighted by molar-refractivity contribution is -0.149. The highest BCUT2D eigenvalue weighted by molar-refractivity contribution is 5.72. The molecule has 0 aromatic carbocycles. The quantitative estimate of drug-likeness (QED) is 0.604. The zero-order chi connectivity index (χ0) is 9.68. The van der Waals surface area contributed by atoms with Gasteiger partial charge in [-0.3, -0.25) is 4.79 Å². The third kappa shape index (κ3) is 2.99. The summed E-state index contributed by atoms with van der Waals surface area (Å²) in [6.45, 7) is 7.58. The molecule has 0 aromatic heterocycles. The summed E-state index contributed by atoms with van der Waals surface area (Å²) in [5, 5.41) is 0. The fourth-order valence-corrected chi connectivity index (χ4v) is 1.51. The lowest BCUT2D eigenvalue weighted by Crippen LogP contribution is -2.42. The number of rotatable bonds is 5. The Hall–Kier alpha value is -0.570. The van der Waals surface area contributed by atoms with Crippen molar-refractivity contribution in [3.63, 3.8) is 0 Å². The van der Waals surface area contributed by atoms with Crippen LogP contribution in [0, 0.1) is 5.92 Å². The first-order valence-corrected chi connectivity index (χ1v) is 5.16. The van der Waals surface area contributed by atoms with Crippen molar-refractivity contribution in [3.8, 4) is 0 Å². The van der Waals surface area contributed by atoms with Crippen molar-refractivity contribution in [1.29, 1.82) is 0 Å². The number of likely N-dealkylation sites (tertiary alicyclic amines) is 1. The second kappa shape index (κ2) is 5.22. The van der Waals surface area contributed by atoms with E-state index in [-0.39, 0.29) is 11.9 Å². The van der Waals surface area contributed by atoms with E-state index in [2.05, 4.69) is 4.90 Å². The first-order chi connectivity index (χ1) is 6.27. The maximum absolute atomic E-state index is 11.4. The van der Waals surface area contributed by atoms with E-state index in [9.17, 15) is 4.79 Å². The van der Waals surface area contributed by atoms with Gasteiger partial charge in [-0.15, -0.1) is 0 Å². The van der Waals surface area contributed by atoms with Gasteiger partial charge in [0.1, 0.15) is 0 Å². The normalized spacial score (nSPS) is 19.2. The molecule has 1 aliphatic rings. The summed E-state index contributed by atoms with van der Waals surface area (Å²) in [7, 11) is 0. The maximum atomic E-state index is 11.4. The number of hydrogen-bond donors (Lipinski definition) is 0. The summed E-state index contributed by atoms with van der Waals surface area (Å²) >= 11 is 0. The van der Waals surface area contributed by atoms with E-state index in [1.165, 1.54) is 6.42 Å². The molecule has 0 saturated carbocycles. The van der Waals surface area contributed by atoms with Crippen molar-refractivity contribution in [3.05, 3.63) is 0 Å². The highest BCUT2D eigenvalue weighted by atomic mass is 16.5. The van der Waals surface area contributed by atoms with Gasteiger partial charge in [0.25, 0.3) is 0 Å². The molecule has 13 heavy (non-hydrogen) atoms. The Morgan fingerprint density at radius 1 is 1.46 bits per heavy atom. The van der Waals surface area contributed by atoms with Crippen LogP contribution in [0.15, 0.2) is 0 Å². The monoisotopic (exact) mass is 185 g/mol. The maximum Gasteiger partial charge on any atom is 0.310 e. The van der Waals surface area contributed by atoms with Crippen LogP contribution in [0.5, 0.6) is 0 Å². The molecule has 1 rings (SSSR count). The van der Waals surface area contributed by atoms with Gasteiger partial charge in [0.2, 0.25) is 0 Å². The van der Waals surface area contributed by atoms with Crippen LogP contribution in [-0.2, 0) is 9.53 Å². The minimum absolute atomic E-state index is 0.0306. The van der Waals surface area contributed by atoms with E-state index >= 15 is 0 Å². The van der Waals surface area contributed by atoms with E-state index in [0.29, 0.717) is 6.61 Å². The van der Waals surface area contributed by atoms with Crippen LogP contribution in [0.4, 0.5) is 0 Å². The van der Waals surface area contributed by atoms with Crippen molar-refractivity contribution < 1.29 is 9.53 Å². The Labute approximate surface area is 80.1 Å². The number of nitrogens with zero attached hydrogens (tertiary/aromatic N) is 1. The lowest BCUT2D eigenvalue weighted by atomic mass is 10.0. The largest absolute Gasteiger partial charge is 0.466 e. The van der Waals surface area contributed by atoms with Gasteiger partial charge in [-0.2, -0.15) is 0 Å². The average Bonchev–Trinajstić information content (AvgIpc) is 2.03. The SMILES string of the molecule is CCOC(=O)C(CC)CN1CCC1. The van der Waals surface area contributed by atoms with Crippen LogP contribution in [0.1, 0.15) is 26.7 Å². The van der Waals surface area contributed by atoms with Crippen LogP contribution >= 0.6 is 0 Å². The van der Waals surface area contributed by atoms with Crippen LogP contribution in [0.25, 0.3) is 0 Å². The van der Waals surface area contributed by atoms with E-state index in [0.717, 1.165) is 26.1 Å². The first-order valence-electron chi connectivity index (χ1n) is 5.16. The number of carbonyl (C=O) groups excluding carboxylic acids is 1. The van der Waals surface area contributed by atoms with Crippen LogP contribution in [-0.4, -0.2) is 37.1 Å². The molecule has 3 nitrogen and oxygen atoms in total. The van der Waals surface area contributed by atoms with Gasteiger partial charge in [-0.1, -0.05) is 6.92 Å². The average molecular weight is 185 g/mol. The fraction of sp³-hybridized carbons (Fsp3) is 0.900. The second-order valence-electron chi connectivity index (χ2n) is 3.51. The second-order valence-corrected chi connectivity index (χ2v) is 3.51. The zero-order valence-corrected chi connectivity index (χ0v) is 8.58. The van der Waals surface area contributed by atoms with E-state index < -0.39 is 0 Å². The summed E-state index contributed by atoms with van der Waals surface area (Å²) in [6, 6.07) is 0. The number of carbonyl (C=O) groups is 1. The van der Waals surface area contributed by atoms with E-state index in [1.54, 1.807) is 0 Å². The highest BCUT2D eigenvalue weighted by Crippen LogP contribution is 2.13. The van der Waals surface area contributed by atoms with Crippen molar-refractivity contribution in [2.45, 2.75) is 26.7 Å². The summed E-state index contributed by atoms with van der Waals surface area (Å²) in [5.74, 6) is 0.0529. The molecular weight excluding hydrogens is 166 g/mol. The van der Waals surface area contributed by atoms with Gasteiger partial charge in [0, 0.05) is 6.54 Å². The predicted molar refractivity (Wildman–Crippen MR) is 51.5 cm³/mol. The van der Waals surface area contributed by atoms with E-state index in [4.69, 9.17) is 4.74 Å². The van der Waals surface area contributed by atoms with Crippen molar-refractivity contribution >= 4 is 5.97 Å². The van der Waals surface area contributed by atoms with Crippen molar-refractivity contribution in [2.24, 2.45) is 5.92 Å². The molecule has 0 N–H and O–H groups in total. The Morgan fingerprint density at radius 2 is 2.15 bits per heavy atom. The smallest absolute Gasteiger partial charge is 0.310 e. The fourth-order valence-electron chi connectivity index (χ4n) is 1.51. The third-order valence-electron chi connectivity index (χ3n) is 2.54.